The third kappa shape index (κ3) is 2.32. The zero-order valence-electron chi connectivity index (χ0n) is 12.5. The number of fused-ring (bicyclic) bond motifs is 1. The Hall–Kier alpha value is -2.13. The molecule has 2 nitrogen and oxygen atoms in total. The molecule has 3 heteroatoms. The predicted molar refractivity (Wildman–Crippen MR) is 95.3 cm³/mol. The lowest BCUT2D eigenvalue weighted by Crippen LogP contribution is -2.33. The number of hydrogen-bond donors (Lipinski definition) is 1. The van der Waals surface area contributed by atoms with Gasteiger partial charge in [0, 0.05) is 17.0 Å². The molecule has 1 aromatic carbocycles. The third-order valence-corrected chi connectivity index (χ3v) is 5.43. The van der Waals surface area contributed by atoms with Crippen LogP contribution in [-0.4, -0.2) is 5.71 Å². The number of nitrogens with one attached hydrogen (secondary N) is 1. The van der Waals surface area contributed by atoms with Crippen LogP contribution in [0.25, 0.3) is 0 Å². The summed E-state index contributed by atoms with van der Waals surface area (Å²) in [6, 6.07) is 12.7. The monoisotopic (exact) mass is 306 g/mol. The average molecular weight is 306 g/mol. The molecule has 2 aliphatic rings. The molecule has 2 heterocycles. The summed E-state index contributed by atoms with van der Waals surface area (Å²) >= 11 is 1.80. The lowest BCUT2D eigenvalue weighted by molar-refractivity contribution is 0.583. The zero-order chi connectivity index (χ0) is 15.0. The maximum Gasteiger partial charge on any atom is 0.0864 e. The number of rotatable bonds is 2. The average Bonchev–Trinajstić information content (AvgIpc) is 3.20. The van der Waals surface area contributed by atoms with Gasteiger partial charge in [0.15, 0.2) is 0 Å². The Morgan fingerprint density at radius 1 is 1.18 bits per heavy atom. The highest BCUT2D eigenvalue weighted by atomic mass is 32.1. The highest BCUT2D eigenvalue weighted by molar-refractivity contribution is 7.10. The van der Waals surface area contributed by atoms with Crippen molar-refractivity contribution in [2.75, 3.05) is 5.32 Å². The Bertz CT molecular complexity index is 784. The van der Waals surface area contributed by atoms with Gasteiger partial charge in [-0.3, -0.25) is 4.99 Å². The molecule has 0 spiro atoms. The fraction of sp³-hybridized carbons (Fsp3) is 0.211. The van der Waals surface area contributed by atoms with E-state index >= 15 is 0 Å². The number of nitrogens with zero attached hydrogens (tertiary/aromatic N) is 1. The fourth-order valence-corrected chi connectivity index (χ4v) is 3.97. The largest absolute Gasteiger partial charge is 0.373 e. The van der Waals surface area contributed by atoms with Crippen molar-refractivity contribution in [2.45, 2.75) is 25.3 Å². The summed E-state index contributed by atoms with van der Waals surface area (Å²) < 4.78 is 0. The molecule has 1 atom stereocenters. The van der Waals surface area contributed by atoms with Crippen LogP contribution in [0.1, 0.15) is 24.6 Å². The van der Waals surface area contributed by atoms with Crippen molar-refractivity contribution in [3.05, 3.63) is 70.5 Å². The number of aliphatic imine (C=N–C) groups is 1. The van der Waals surface area contributed by atoms with Crippen molar-refractivity contribution in [1.29, 1.82) is 0 Å². The molecule has 1 aliphatic heterocycles. The van der Waals surface area contributed by atoms with Crippen molar-refractivity contribution in [2.24, 2.45) is 4.99 Å². The Morgan fingerprint density at radius 3 is 2.86 bits per heavy atom. The Kier molecular flexibility index (Phi) is 3.23. The summed E-state index contributed by atoms with van der Waals surface area (Å²) in [4.78, 5) is 6.33. The molecule has 1 aromatic heterocycles. The third-order valence-electron chi connectivity index (χ3n) is 4.30. The van der Waals surface area contributed by atoms with E-state index in [0.29, 0.717) is 0 Å². The molecular formula is C19H18N2S. The van der Waals surface area contributed by atoms with Crippen LogP contribution in [-0.2, 0) is 5.54 Å². The van der Waals surface area contributed by atoms with Gasteiger partial charge in [0.1, 0.15) is 0 Å². The van der Waals surface area contributed by atoms with Gasteiger partial charge in [-0.1, -0.05) is 36.4 Å². The van der Waals surface area contributed by atoms with Gasteiger partial charge in [-0.25, -0.2) is 0 Å². The van der Waals surface area contributed by atoms with Crippen LogP contribution in [0.15, 0.2) is 70.6 Å². The van der Waals surface area contributed by atoms with Crippen LogP contribution < -0.4 is 5.32 Å². The van der Waals surface area contributed by atoms with E-state index in [-0.39, 0.29) is 5.54 Å². The summed E-state index contributed by atoms with van der Waals surface area (Å²) in [6.45, 7) is 2.28. The van der Waals surface area contributed by atoms with Crippen LogP contribution in [0.3, 0.4) is 0 Å². The van der Waals surface area contributed by atoms with E-state index in [9.17, 15) is 0 Å². The molecule has 110 valence electrons. The number of hydrogen-bond acceptors (Lipinski definition) is 3. The van der Waals surface area contributed by atoms with Crippen LogP contribution >= 0.6 is 11.3 Å². The molecule has 0 amide bonds. The highest BCUT2D eigenvalue weighted by Gasteiger charge is 2.33. The molecule has 0 bridgehead atoms. The quantitative estimate of drug-likeness (QED) is 0.785. The van der Waals surface area contributed by atoms with Crippen molar-refractivity contribution >= 4 is 28.4 Å². The molecule has 1 unspecified atom stereocenters. The van der Waals surface area contributed by atoms with Crippen molar-refractivity contribution in [3.63, 3.8) is 0 Å². The fourth-order valence-electron chi connectivity index (χ4n) is 3.13. The van der Waals surface area contributed by atoms with Crippen LogP contribution in [0.5, 0.6) is 0 Å². The molecule has 0 saturated carbocycles. The molecular weight excluding hydrogens is 288 g/mol. The van der Waals surface area contributed by atoms with Gasteiger partial charge in [0.05, 0.1) is 16.9 Å². The standard InChI is InChI=1S/C19H18N2S/c1-19(18-11-6-12-22-18)13-17(14-7-2-3-8-14)20-15-9-4-5-10-16(15)21-19/h2-7,9-12,21H,8,13H2,1H3. The van der Waals surface area contributed by atoms with Gasteiger partial charge >= 0.3 is 0 Å². The van der Waals surface area contributed by atoms with Gasteiger partial charge in [-0.15, -0.1) is 11.3 Å². The Morgan fingerprint density at radius 2 is 2.09 bits per heavy atom. The zero-order valence-corrected chi connectivity index (χ0v) is 13.4. The molecule has 0 fully saturated rings. The van der Waals surface area contributed by atoms with Gasteiger partial charge in [0.25, 0.3) is 0 Å². The molecule has 1 aliphatic carbocycles. The van der Waals surface area contributed by atoms with E-state index < -0.39 is 0 Å². The second-order valence-corrected chi connectivity index (χ2v) is 6.96. The van der Waals surface area contributed by atoms with Crippen molar-refractivity contribution in [3.8, 4) is 0 Å². The van der Waals surface area contributed by atoms with Gasteiger partial charge in [-0.2, -0.15) is 0 Å². The van der Waals surface area contributed by atoms with E-state index in [1.807, 2.05) is 0 Å². The molecule has 0 saturated heterocycles. The normalized spacial score (nSPS) is 23.3. The molecule has 0 radical (unpaired) electrons. The minimum atomic E-state index is -0.122. The number of thiophene rings is 1. The topological polar surface area (TPSA) is 24.4 Å². The van der Waals surface area contributed by atoms with Gasteiger partial charge in [-0.05, 0) is 42.5 Å². The predicted octanol–water partition coefficient (Wildman–Crippen LogP) is 5.44. The number of benzene rings is 1. The molecule has 4 rings (SSSR count). The maximum atomic E-state index is 4.98. The first kappa shape index (κ1) is 13.5. The minimum Gasteiger partial charge on any atom is -0.373 e. The number of anilines is 1. The van der Waals surface area contributed by atoms with Crippen molar-refractivity contribution < 1.29 is 0 Å². The van der Waals surface area contributed by atoms with Crippen LogP contribution in [0, 0.1) is 0 Å². The Labute approximate surface area is 134 Å². The van der Waals surface area contributed by atoms with Crippen LogP contribution in [0.4, 0.5) is 11.4 Å². The molecule has 2 aromatic rings. The van der Waals surface area contributed by atoms with Crippen LogP contribution in [0.2, 0.25) is 0 Å². The summed E-state index contributed by atoms with van der Waals surface area (Å²) in [6.07, 6.45) is 8.41. The van der Waals surface area contributed by atoms with E-state index in [0.717, 1.165) is 24.2 Å². The number of para-hydroxylation sites is 2. The lowest BCUT2D eigenvalue weighted by Gasteiger charge is -2.30. The summed E-state index contributed by atoms with van der Waals surface area (Å²) in [5.74, 6) is 0. The number of allylic oxidation sites excluding steroid dienone is 4. The van der Waals surface area contributed by atoms with E-state index in [1.54, 1.807) is 11.3 Å². The molecule has 1 N–H and O–H groups in total. The first-order valence-electron chi connectivity index (χ1n) is 7.59. The summed E-state index contributed by atoms with van der Waals surface area (Å²) in [7, 11) is 0. The minimum absolute atomic E-state index is 0.122. The smallest absolute Gasteiger partial charge is 0.0864 e. The lowest BCUT2D eigenvalue weighted by atomic mass is 9.89. The second-order valence-electron chi connectivity index (χ2n) is 6.01. The van der Waals surface area contributed by atoms with E-state index in [4.69, 9.17) is 4.99 Å². The second kappa shape index (κ2) is 5.25. The first-order chi connectivity index (χ1) is 10.7. The molecule has 22 heavy (non-hydrogen) atoms. The van der Waals surface area contributed by atoms with Gasteiger partial charge in [0.2, 0.25) is 0 Å². The maximum absolute atomic E-state index is 4.98. The Balaban J connectivity index is 1.84. The van der Waals surface area contributed by atoms with E-state index in [1.165, 1.54) is 16.2 Å². The summed E-state index contributed by atoms with van der Waals surface area (Å²) in [5.41, 5.74) is 4.55. The SMILES string of the molecule is CC1(c2cccs2)CC(C2=CC=CC2)=Nc2ccccc2N1. The van der Waals surface area contributed by atoms with E-state index in [2.05, 4.69) is 72.2 Å². The summed E-state index contributed by atoms with van der Waals surface area (Å²) in [5, 5.41) is 5.89. The first-order valence-corrected chi connectivity index (χ1v) is 8.47. The highest BCUT2D eigenvalue weighted by Crippen LogP contribution is 2.40. The van der Waals surface area contributed by atoms with Crippen molar-refractivity contribution in [1.82, 2.24) is 0 Å². The van der Waals surface area contributed by atoms with Gasteiger partial charge < -0.3 is 5.32 Å².